The lowest BCUT2D eigenvalue weighted by Gasteiger charge is -2.29. The molecule has 1 unspecified atom stereocenters. The van der Waals surface area contributed by atoms with Gasteiger partial charge in [-0.1, -0.05) is 203 Å². The smallest absolute Gasteiger partial charge is 0.343 e. The van der Waals surface area contributed by atoms with Gasteiger partial charge in [0.2, 0.25) is 0 Å². The highest BCUT2D eigenvalue weighted by Gasteiger charge is 2.40. The third kappa shape index (κ3) is 26.2. The maximum Gasteiger partial charge on any atom is 0.343 e. The molecule has 0 aromatic heterocycles. The average Bonchev–Trinajstić information content (AvgIpc) is 0.732. The molecule has 0 saturated heterocycles. The number of ether oxygens (including phenoxy) is 5. The summed E-state index contributed by atoms with van der Waals surface area (Å²) < 4.78 is 46.6. The largest absolute Gasteiger partial charge is 0.508 e. The number of esters is 1. The van der Waals surface area contributed by atoms with Crippen LogP contribution in [0.2, 0.25) is 0 Å². The second kappa shape index (κ2) is 47.6. The van der Waals surface area contributed by atoms with E-state index >= 15 is 0 Å². The van der Waals surface area contributed by atoms with Crippen LogP contribution in [0.5, 0.6) is 40.2 Å². The van der Waals surface area contributed by atoms with Gasteiger partial charge >= 0.3 is 13.3 Å². The third-order valence-electron chi connectivity index (χ3n) is 15.6. The highest BCUT2D eigenvalue weighted by atomic mass is 31.2. The van der Waals surface area contributed by atoms with Gasteiger partial charge in [0.1, 0.15) is 40.2 Å². The van der Waals surface area contributed by atoms with E-state index < -0.39 is 13.3 Å². The summed E-state index contributed by atoms with van der Waals surface area (Å²) in [5.74, 6) is 3.42. The highest BCUT2D eigenvalue weighted by molar-refractivity contribution is 7.75. The number of benzene rings is 12. The van der Waals surface area contributed by atoms with Crippen LogP contribution in [0.15, 0.2) is 249 Å². The number of amides is 1. The molecule has 0 radical (unpaired) electrons. The first-order valence-corrected chi connectivity index (χ1v) is 33.2. The number of carbonyl (C=O) groups is 6. The molecule has 15 nitrogen and oxygen atoms in total. The summed E-state index contributed by atoms with van der Waals surface area (Å²) in [4.78, 5) is 68.9. The quantitative estimate of drug-likeness (QED) is 0.0477. The molecule has 1 amide bonds. The topological polar surface area (TPSA) is 207 Å². The second-order valence-electron chi connectivity index (χ2n) is 22.3. The number of nitrogens with one attached hydrogen (secondary N) is 1. The predicted molar refractivity (Wildman–Crippen MR) is 461 cm³/mol. The van der Waals surface area contributed by atoms with Crippen LogP contribution in [0.4, 0.5) is 5.69 Å². The van der Waals surface area contributed by atoms with Gasteiger partial charge in [-0.05, 0) is 212 Å². The van der Waals surface area contributed by atoms with Crippen LogP contribution < -0.4 is 44.1 Å². The zero-order valence-electron chi connectivity index (χ0n) is 56.9. The van der Waals surface area contributed by atoms with E-state index in [0.29, 0.717) is 72.7 Å². The highest BCUT2D eigenvalue weighted by Crippen LogP contribution is 2.55. The van der Waals surface area contributed by atoms with Crippen molar-refractivity contribution in [3.8, 4) is 51.4 Å². The number of para-hydroxylation sites is 1. The van der Waals surface area contributed by atoms with E-state index in [-0.39, 0.29) is 109 Å². The van der Waals surface area contributed by atoms with Crippen molar-refractivity contribution in [1.82, 2.24) is 0 Å². The number of methoxy groups -OCH3 is 4. The fraction of sp³-hybridized carbons (Fsp3) is 0.226. The molecular formula is C93H116NO14P. The summed E-state index contributed by atoms with van der Waals surface area (Å²) >= 11 is 0. The van der Waals surface area contributed by atoms with Gasteiger partial charge in [0.15, 0.2) is 23.1 Å². The van der Waals surface area contributed by atoms with Gasteiger partial charge in [-0.3, -0.25) is 28.5 Å². The fourth-order valence-electron chi connectivity index (χ4n) is 10.3. The number of phenols is 1. The minimum atomic E-state index is -3.39. The van der Waals surface area contributed by atoms with Crippen LogP contribution >= 0.6 is 7.37 Å². The van der Waals surface area contributed by atoms with Crippen molar-refractivity contribution in [2.45, 2.75) is 123 Å². The maximum atomic E-state index is 14.1. The number of aromatic hydroxyl groups is 1. The van der Waals surface area contributed by atoms with Crippen molar-refractivity contribution in [2.24, 2.45) is 0 Å². The van der Waals surface area contributed by atoms with Crippen LogP contribution in [-0.2, 0) is 4.57 Å². The summed E-state index contributed by atoms with van der Waals surface area (Å²) in [6.07, 6.45) is 0. The van der Waals surface area contributed by atoms with Gasteiger partial charge in [0.05, 0.1) is 44.6 Å². The number of phenolic OH excluding ortho intramolecular Hbond substituents is 1. The summed E-state index contributed by atoms with van der Waals surface area (Å²) in [6, 6.07) is 74.4. The molecule has 0 fully saturated rings. The first-order valence-electron chi connectivity index (χ1n) is 31.6. The van der Waals surface area contributed by atoms with Gasteiger partial charge in [-0.25, -0.2) is 4.79 Å². The van der Waals surface area contributed by atoms with Crippen molar-refractivity contribution >= 4 is 91.0 Å². The number of carbonyl (C=O) groups excluding carboxylic acids is 6. The van der Waals surface area contributed by atoms with E-state index in [1.165, 1.54) is 19.4 Å². The van der Waals surface area contributed by atoms with Gasteiger partial charge in [0.25, 0.3) is 5.91 Å². The summed E-state index contributed by atoms with van der Waals surface area (Å²) in [5, 5.41) is 19.2. The summed E-state index contributed by atoms with van der Waals surface area (Å²) in [5.41, 5.74) is 7.37. The molecule has 1 aliphatic heterocycles. The van der Waals surface area contributed by atoms with Gasteiger partial charge in [0, 0.05) is 39.1 Å². The molecule has 1 aliphatic rings. The van der Waals surface area contributed by atoms with E-state index in [0.717, 1.165) is 54.9 Å². The van der Waals surface area contributed by atoms with Gasteiger partial charge < -0.3 is 38.6 Å². The lowest BCUT2D eigenvalue weighted by atomic mass is 10.0. The lowest BCUT2D eigenvalue weighted by Crippen LogP contribution is -2.26. The average molecular weight is 1500 g/mol. The molecule has 582 valence electrons. The molecule has 1 heterocycles. The van der Waals surface area contributed by atoms with E-state index in [4.69, 9.17) is 28.2 Å². The number of rotatable bonds is 13. The van der Waals surface area contributed by atoms with E-state index in [9.17, 15) is 38.4 Å². The van der Waals surface area contributed by atoms with Crippen LogP contribution in [0.25, 0.3) is 43.4 Å². The Morgan fingerprint density at radius 1 is 0.358 bits per heavy atom. The first kappa shape index (κ1) is 101. The van der Waals surface area contributed by atoms with Crippen molar-refractivity contribution < 1.29 is 66.6 Å². The minimum absolute atomic E-state index is 0. The number of hydrogen-bond acceptors (Lipinski definition) is 14. The Labute approximate surface area is 649 Å². The molecule has 12 aromatic carbocycles. The van der Waals surface area contributed by atoms with Crippen LogP contribution in [0.3, 0.4) is 0 Å². The van der Waals surface area contributed by atoms with Crippen molar-refractivity contribution in [2.75, 3.05) is 33.8 Å². The van der Waals surface area contributed by atoms with E-state index in [2.05, 4.69) is 11.4 Å². The Bertz CT molecular complexity index is 4940. The molecule has 2 N–H and O–H groups in total. The van der Waals surface area contributed by atoms with Crippen LogP contribution in [-0.4, -0.2) is 68.6 Å². The Kier molecular flexibility index (Phi) is 44.2. The zero-order chi connectivity index (χ0) is 71.3. The van der Waals surface area contributed by atoms with Gasteiger partial charge in [-0.15, -0.1) is 0 Å². The Morgan fingerprint density at radius 3 is 1.32 bits per heavy atom. The summed E-state index contributed by atoms with van der Waals surface area (Å²) in [6.45, 7) is 12.1. The zero-order valence-corrected chi connectivity index (χ0v) is 57.8. The number of Topliss-reactive ketones (excluding diaryl/α,β-unsaturated/α-hetero) is 4. The first-order chi connectivity index (χ1) is 47.7. The van der Waals surface area contributed by atoms with Gasteiger partial charge in [-0.2, -0.15) is 0 Å². The Morgan fingerprint density at radius 2 is 0.771 bits per heavy atom. The molecule has 1 atom stereocenters. The SMILES string of the molecule is C.C.C.C.C.C.C.C.C.C.CC.CC(=O)c1ccc2cc(OC(=O)c3ccc4cc(C)ccc4c3)ccc2c1.CC(=O)c1cccc(C(C)=O)c1.COc1ccc(C(C)=O)cc1.COc1ccc(NC(=O)c2ccc3cc(O)ccc3c2)cc1.COc1ccc(OC)c(P2(=O)Oc3ccccc3-c3ccccc32)c1. The minimum Gasteiger partial charge on any atom is -0.508 e. The molecular weight excluding hydrogens is 1390 g/mol. The molecule has 13 rings (SSSR count). The molecule has 16 heteroatoms. The summed E-state index contributed by atoms with van der Waals surface area (Å²) in [7, 11) is 2.94. The van der Waals surface area contributed by atoms with Crippen molar-refractivity contribution in [1.29, 1.82) is 0 Å². The molecule has 0 bridgehead atoms. The predicted octanol–water partition coefficient (Wildman–Crippen LogP) is 24.9. The number of ketones is 4. The van der Waals surface area contributed by atoms with E-state index in [1.807, 2.05) is 124 Å². The molecule has 0 saturated carbocycles. The molecule has 0 spiro atoms. The molecule has 12 aromatic rings. The van der Waals surface area contributed by atoms with Crippen molar-refractivity contribution in [3.63, 3.8) is 0 Å². The molecule has 0 aliphatic carbocycles. The third-order valence-corrected chi connectivity index (χ3v) is 18.1. The maximum absolute atomic E-state index is 14.1. The van der Waals surface area contributed by atoms with Crippen LogP contribution in [0, 0.1) is 6.92 Å². The number of fused-ring (bicyclic) bond motifs is 6. The lowest BCUT2D eigenvalue weighted by molar-refractivity contribution is 0.0734. The van der Waals surface area contributed by atoms with E-state index in [1.54, 1.807) is 182 Å². The van der Waals surface area contributed by atoms with Crippen molar-refractivity contribution in [3.05, 3.63) is 288 Å². The molecule has 109 heavy (non-hydrogen) atoms. The monoisotopic (exact) mass is 1500 g/mol. The van der Waals surface area contributed by atoms with Crippen LogP contribution in [0.1, 0.15) is 184 Å². The number of anilines is 1. The standard InChI is InChI=1S/C24H18O3.C20H17O4P.C18H15NO3.C10H10O2.C9H10O2.C2H6.10CH4/c1-15-3-4-19-13-22(8-7-18(19)11-15)24(26)27-23-10-9-20-12-17(16(2)25)5-6-21(20)14-23;1-22-14-11-12-18(23-2)20(13-14)25(21)19-10-6-4-8-16(19)15-7-3-5-9-17(15)24-25;1-22-17-8-5-15(6-9-17)19-18(21)14-3-2-13-11-16(20)7-4-12(13)10-14;1-7(11)9-4-3-5-10(6-9)8(2)12;1-7(10)8-3-5-9(11-2)6-4-8;1-2;;;;;;;;;;/h3-14H,1-2H3;3-13H,1-2H3;2-11,20H,1H3,(H,19,21);3-6H,1-2H3;3-6H,1-2H3;1-2H3;10*1H4. The number of aryl methyl sites for hydroxylation is 1. The Balaban J connectivity index is -0.00000129. The number of hydrogen-bond donors (Lipinski definition) is 2. The second-order valence-corrected chi connectivity index (χ2v) is 24.6. The normalized spacial score (nSPS) is 10.9. The Hall–Kier alpha value is -11.9. The fourth-order valence-corrected chi connectivity index (χ4v) is 12.8.